The Morgan fingerprint density at radius 3 is 2.85 bits per heavy atom. The number of carbonyl (C=O) groups is 1. The Labute approximate surface area is 87.4 Å². The van der Waals surface area contributed by atoms with Crippen LogP contribution in [0.3, 0.4) is 0 Å². The van der Waals surface area contributed by atoms with E-state index >= 15 is 0 Å². The number of aromatic nitrogens is 1. The van der Waals surface area contributed by atoms with Gasteiger partial charge in [0.2, 0.25) is 5.95 Å². The van der Waals surface area contributed by atoms with Crippen LogP contribution in [0.25, 0.3) is 6.08 Å². The molecule has 0 aliphatic rings. The van der Waals surface area contributed by atoms with Gasteiger partial charge in [0.15, 0.2) is 0 Å². The first-order valence-corrected chi connectivity index (χ1v) is 4.40. The van der Waals surface area contributed by atoms with Gasteiger partial charge >= 0.3 is 5.97 Å². The molecule has 1 aromatic heterocycles. The fourth-order valence-corrected chi connectivity index (χ4v) is 1.30. The van der Waals surface area contributed by atoms with Gasteiger partial charge in [-0.3, -0.25) is 0 Å². The van der Waals surface area contributed by atoms with Crippen LogP contribution in [0.4, 0.5) is 4.39 Å². The predicted octanol–water partition coefficient (Wildman–Crippen LogP) is 1.92. The summed E-state index contributed by atoms with van der Waals surface area (Å²) in [5.74, 6) is -1.70. The fourth-order valence-electron chi connectivity index (χ4n) is 0.727. The van der Waals surface area contributed by atoms with Crippen LogP contribution in [0.2, 0.25) is 0 Å². The number of halogens is 2. The second-order valence-corrected chi connectivity index (χ2v) is 3.45. The quantitative estimate of drug-likeness (QED) is 0.515. The summed E-state index contributed by atoms with van der Waals surface area (Å²) < 4.78 is 13.3. The standard InChI is InChI=1S/C8H5FINO2/c9-7-4-5(10)3-6(11-7)1-2-8(12)13/h1-4H,(H,12,13)/b2-1+. The molecule has 0 bridgehead atoms. The van der Waals surface area contributed by atoms with Gasteiger partial charge < -0.3 is 5.11 Å². The Kier molecular flexibility index (Phi) is 3.35. The summed E-state index contributed by atoms with van der Waals surface area (Å²) in [5.41, 5.74) is 0.298. The normalized spacial score (nSPS) is 10.6. The van der Waals surface area contributed by atoms with Crippen LogP contribution in [-0.4, -0.2) is 16.1 Å². The average molecular weight is 293 g/mol. The highest BCUT2D eigenvalue weighted by atomic mass is 127. The van der Waals surface area contributed by atoms with Crippen LogP contribution in [0, 0.1) is 9.52 Å². The molecule has 1 N–H and O–H groups in total. The van der Waals surface area contributed by atoms with Crippen LogP contribution in [0.5, 0.6) is 0 Å². The van der Waals surface area contributed by atoms with Crippen molar-refractivity contribution in [3.8, 4) is 0 Å². The van der Waals surface area contributed by atoms with E-state index in [1.165, 1.54) is 12.1 Å². The van der Waals surface area contributed by atoms with E-state index in [9.17, 15) is 9.18 Å². The van der Waals surface area contributed by atoms with E-state index in [0.29, 0.717) is 9.26 Å². The first-order valence-electron chi connectivity index (χ1n) is 3.32. The molecule has 0 saturated carbocycles. The molecule has 0 spiro atoms. The van der Waals surface area contributed by atoms with Gasteiger partial charge in [0.25, 0.3) is 0 Å². The molecule has 0 radical (unpaired) electrons. The van der Waals surface area contributed by atoms with Gasteiger partial charge in [-0.25, -0.2) is 9.78 Å². The lowest BCUT2D eigenvalue weighted by atomic mass is 10.3. The molecule has 0 saturated heterocycles. The largest absolute Gasteiger partial charge is 0.478 e. The summed E-state index contributed by atoms with van der Waals surface area (Å²) in [6.07, 6.45) is 2.16. The Balaban J connectivity index is 2.95. The van der Waals surface area contributed by atoms with Crippen molar-refractivity contribution >= 4 is 34.6 Å². The molecule has 0 unspecified atom stereocenters. The zero-order valence-corrected chi connectivity index (χ0v) is 8.53. The first kappa shape index (κ1) is 10.1. The Bertz CT molecular complexity index is 345. The van der Waals surface area contributed by atoms with E-state index < -0.39 is 11.9 Å². The van der Waals surface area contributed by atoms with Crippen molar-refractivity contribution in [2.45, 2.75) is 0 Å². The van der Waals surface area contributed by atoms with E-state index in [4.69, 9.17) is 5.11 Å². The molecule has 0 amide bonds. The van der Waals surface area contributed by atoms with Crippen molar-refractivity contribution in [2.24, 2.45) is 0 Å². The van der Waals surface area contributed by atoms with Gasteiger partial charge in [0, 0.05) is 15.7 Å². The van der Waals surface area contributed by atoms with Crippen molar-refractivity contribution in [1.82, 2.24) is 4.98 Å². The number of hydrogen-bond acceptors (Lipinski definition) is 2. The lowest BCUT2D eigenvalue weighted by Crippen LogP contribution is -1.90. The second-order valence-electron chi connectivity index (χ2n) is 2.20. The molecule has 0 aliphatic heterocycles. The van der Waals surface area contributed by atoms with Gasteiger partial charge in [0.1, 0.15) is 0 Å². The van der Waals surface area contributed by atoms with Crippen LogP contribution >= 0.6 is 22.6 Å². The highest BCUT2D eigenvalue weighted by molar-refractivity contribution is 14.1. The van der Waals surface area contributed by atoms with E-state index in [0.717, 1.165) is 6.08 Å². The van der Waals surface area contributed by atoms with Crippen LogP contribution in [0.15, 0.2) is 18.2 Å². The number of rotatable bonds is 2. The molecule has 0 aromatic carbocycles. The summed E-state index contributed by atoms with van der Waals surface area (Å²) in [5, 5.41) is 8.30. The van der Waals surface area contributed by atoms with E-state index in [-0.39, 0.29) is 0 Å². The summed E-state index contributed by atoms with van der Waals surface area (Å²) >= 11 is 1.93. The lowest BCUT2D eigenvalue weighted by molar-refractivity contribution is -0.131. The maximum atomic E-state index is 12.7. The van der Waals surface area contributed by atoms with Crippen molar-refractivity contribution in [1.29, 1.82) is 0 Å². The van der Waals surface area contributed by atoms with Crippen molar-refractivity contribution in [3.63, 3.8) is 0 Å². The molecule has 68 valence electrons. The van der Waals surface area contributed by atoms with E-state index in [1.54, 1.807) is 6.07 Å². The van der Waals surface area contributed by atoms with Gasteiger partial charge in [-0.15, -0.1) is 0 Å². The minimum absolute atomic E-state index is 0.298. The molecule has 5 heteroatoms. The number of hydrogen-bond donors (Lipinski definition) is 1. The van der Waals surface area contributed by atoms with Crippen LogP contribution in [-0.2, 0) is 4.79 Å². The molecule has 0 fully saturated rings. The molecule has 0 aliphatic carbocycles. The number of aliphatic carboxylic acids is 1. The number of nitrogens with zero attached hydrogens (tertiary/aromatic N) is 1. The second kappa shape index (κ2) is 4.31. The SMILES string of the molecule is O=C(O)/C=C/c1cc(I)cc(F)n1. The molecule has 13 heavy (non-hydrogen) atoms. The highest BCUT2D eigenvalue weighted by Gasteiger charge is 1.97. The Morgan fingerprint density at radius 2 is 2.31 bits per heavy atom. The van der Waals surface area contributed by atoms with Crippen LogP contribution < -0.4 is 0 Å². The van der Waals surface area contributed by atoms with Gasteiger partial charge in [0.05, 0.1) is 5.69 Å². The average Bonchev–Trinajstić information content (AvgIpc) is 1.99. The van der Waals surface area contributed by atoms with Gasteiger partial charge in [-0.05, 0) is 34.7 Å². The van der Waals surface area contributed by atoms with E-state index in [2.05, 4.69) is 4.98 Å². The number of carboxylic acids is 1. The van der Waals surface area contributed by atoms with Gasteiger partial charge in [-0.1, -0.05) is 0 Å². The minimum Gasteiger partial charge on any atom is -0.478 e. The van der Waals surface area contributed by atoms with Crippen LogP contribution in [0.1, 0.15) is 5.69 Å². The van der Waals surface area contributed by atoms with Crippen molar-refractivity contribution in [2.75, 3.05) is 0 Å². The predicted molar refractivity (Wildman–Crippen MR) is 53.6 cm³/mol. The summed E-state index contributed by atoms with van der Waals surface area (Å²) in [6, 6.07) is 2.85. The molecular formula is C8H5FINO2. The summed E-state index contributed by atoms with van der Waals surface area (Å²) in [6.45, 7) is 0. The third-order valence-electron chi connectivity index (χ3n) is 1.18. The van der Waals surface area contributed by atoms with Gasteiger partial charge in [-0.2, -0.15) is 4.39 Å². The van der Waals surface area contributed by atoms with Crippen molar-refractivity contribution < 1.29 is 14.3 Å². The lowest BCUT2D eigenvalue weighted by Gasteiger charge is -1.94. The maximum absolute atomic E-state index is 12.7. The smallest absolute Gasteiger partial charge is 0.328 e. The summed E-state index contributed by atoms with van der Waals surface area (Å²) in [7, 11) is 0. The number of pyridine rings is 1. The zero-order valence-electron chi connectivity index (χ0n) is 6.37. The Morgan fingerprint density at radius 1 is 1.62 bits per heavy atom. The highest BCUT2D eigenvalue weighted by Crippen LogP contribution is 2.08. The van der Waals surface area contributed by atoms with Crippen molar-refractivity contribution in [3.05, 3.63) is 33.4 Å². The molecule has 1 rings (SSSR count). The maximum Gasteiger partial charge on any atom is 0.328 e. The molecule has 1 heterocycles. The Hall–Kier alpha value is -0.980. The van der Waals surface area contributed by atoms with E-state index in [1.807, 2.05) is 22.6 Å². The molecule has 1 aromatic rings. The third-order valence-corrected chi connectivity index (χ3v) is 1.80. The topological polar surface area (TPSA) is 50.2 Å². The third kappa shape index (κ3) is 3.49. The zero-order chi connectivity index (χ0) is 9.84. The monoisotopic (exact) mass is 293 g/mol. The minimum atomic E-state index is -1.08. The first-order chi connectivity index (χ1) is 6.08. The molecule has 3 nitrogen and oxygen atoms in total. The summed E-state index contributed by atoms with van der Waals surface area (Å²) in [4.78, 5) is 13.6. The fraction of sp³-hybridized carbons (Fsp3) is 0. The molecule has 0 atom stereocenters. The number of carboxylic acid groups (broad SMARTS) is 1. The molecular weight excluding hydrogens is 288 g/mol.